The number of nitrogens with one attached hydrogen (secondary N) is 1. The number of nitrogens with zero attached hydrogens (tertiary/aromatic N) is 6. The summed E-state index contributed by atoms with van der Waals surface area (Å²) in [7, 11) is 1.96. The molecule has 12 heteroatoms. The van der Waals surface area contributed by atoms with Gasteiger partial charge in [-0.25, -0.2) is 14.5 Å². The van der Waals surface area contributed by atoms with Crippen molar-refractivity contribution < 1.29 is 24.9 Å². The van der Waals surface area contributed by atoms with Crippen LogP contribution in [0.2, 0.25) is 0 Å². The predicted molar refractivity (Wildman–Crippen MR) is 154 cm³/mol. The van der Waals surface area contributed by atoms with E-state index in [-0.39, 0.29) is 11.3 Å². The maximum Gasteiger partial charge on any atom is 0.324 e. The Bertz CT molecular complexity index is 1890. The molecule has 0 bridgehead atoms. The number of aliphatic hydroxyl groups is 3. The third kappa shape index (κ3) is 4.23. The lowest BCUT2D eigenvalue weighted by Crippen LogP contribution is -2.63. The van der Waals surface area contributed by atoms with E-state index in [4.69, 9.17) is 14.9 Å². The van der Waals surface area contributed by atoms with Crippen LogP contribution in [0.1, 0.15) is 29.9 Å². The Morgan fingerprint density at radius 3 is 2.64 bits per heavy atom. The molecule has 1 amide bonds. The van der Waals surface area contributed by atoms with E-state index in [1.807, 2.05) is 65.6 Å². The van der Waals surface area contributed by atoms with E-state index in [0.29, 0.717) is 18.9 Å². The Hall–Kier alpha value is -5.26. The number of anilines is 2. The second kappa shape index (κ2) is 9.40. The molecule has 0 radical (unpaired) electrons. The molecule has 0 atom stereocenters. The van der Waals surface area contributed by atoms with Gasteiger partial charge < -0.3 is 34.8 Å². The van der Waals surface area contributed by atoms with Crippen molar-refractivity contribution in [3.05, 3.63) is 84.1 Å². The molecule has 0 unspecified atom stereocenters. The smallest absolute Gasteiger partial charge is 0.324 e. The number of carbonyl (C=O) groups is 1. The Labute approximate surface area is 240 Å². The highest BCUT2D eigenvalue weighted by atomic mass is 16.5. The van der Waals surface area contributed by atoms with Gasteiger partial charge in [0, 0.05) is 43.5 Å². The summed E-state index contributed by atoms with van der Waals surface area (Å²) in [5.41, 5.74) is 5.74. The SMILES string of the molecule is Cc1cc(Nc2ncnn3ccc(C4CC5(C4)CN(C(=O)C(O)=C(O)O)C5)c23)ccc1Oc1ccc2c(c1)ncn2C. The molecular weight excluding hydrogens is 538 g/mol. The van der Waals surface area contributed by atoms with Gasteiger partial charge in [0.05, 0.1) is 17.4 Å². The highest BCUT2D eigenvalue weighted by molar-refractivity contribution is 5.92. The number of benzene rings is 2. The van der Waals surface area contributed by atoms with Crippen molar-refractivity contribution in [2.75, 3.05) is 18.4 Å². The third-order valence-corrected chi connectivity index (χ3v) is 8.40. The lowest BCUT2D eigenvalue weighted by molar-refractivity contribution is -0.150. The maximum atomic E-state index is 12.1. The van der Waals surface area contributed by atoms with Crippen LogP contribution in [0.15, 0.2) is 73.0 Å². The summed E-state index contributed by atoms with van der Waals surface area (Å²) in [4.78, 5) is 22.5. The van der Waals surface area contributed by atoms with Crippen LogP contribution in [0.3, 0.4) is 0 Å². The van der Waals surface area contributed by atoms with Crippen molar-refractivity contribution in [3.8, 4) is 11.5 Å². The zero-order valence-electron chi connectivity index (χ0n) is 23.0. The highest BCUT2D eigenvalue weighted by Crippen LogP contribution is 2.57. The van der Waals surface area contributed by atoms with Crippen LogP contribution in [-0.4, -0.2) is 63.4 Å². The molecule has 7 rings (SSSR count). The predicted octanol–water partition coefficient (Wildman–Crippen LogP) is 5.01. The van der Waals surface area contributed by atoms with Gasteiger partial charge in [0.25, 0.3) is 11.7 Å². The Balaban J connectivity index is 1.06. The summed E-state index contributed by atoms with van der Waals surface area (Å²) in [6, 6.07) is 13.8. The Morgan fingerprint density at radius 1 is 1.07 bits per heavy atom. The number of aliphatic hydroxyl groups excluding tert-OH is 2. The van der Waals surface area contributed by atoms with E-state index in [1.165, 1.54) is 11.2 Å². The fourth-order valence-corrected chi connectivity index (χ4v) is 6.30. The zero-order valence-corrected chi connectivity index (χ0v) is 23.0. The van der Waals surface area contributed by atoms with E-state index in [2.05, 4.69) is 26.4 Å². The van der Waals surface area contributed by atoms with Gasteiger partial charge in [-0.2, -0.15) is 5.10 Å². The molecule has 2 aliphatic rings. The molecule has 5 aromatic rings. The quantitative estimate of drug-likeness (QED) is 0.164. The molecule has 1 aliphatic heterocycles. The van der Waals surface area contributed by atoms with E-state index < -0.39 is 17.6 Å². The molecule has 214 valence electrons. The van der Waals surface area contributed by atoms with Crippen LogP contribution in [0, 0.1) is 12.3 Å². The molecule has 2 aromatic carbocycles. The number of carbonyl (C=O) groups excluding carboxylic acids is 1. The molecular formula is C30H29N7O5. The highest BCUT2D eigenvalue weighted by Gasteiger charge is 2.55. The first-order valence-corrected chi connectivity index (χ1v) is 13.6. The summed E-state index contributed by atoms with van der Waals surface area (Å²) in [5.74, 6) is -0.712. The molecule has 4 N–H and O–H groups in total. The van der Waals surface area contributed by atoms with Crippen LogP contribution >= 0.6 is 0 Å². The molecule has 2 fully saturated rings. The second-order valence-electron chi connectivity index (χ2n) is 11.3. The molecule has 1 spiro atoms. The summed E-state index contributed by atoms with van der Waals surface area (Å²) >= 11 is 0. The fourth-order valence-electron chi connectivity index (χ4n) is 6.30. The lowest BCUT2D eigenvalue weighted by Gasteiger charge is -2.59. The van der Waals surface area contributed by atoms with Crippen molar-refractivity contribution in [2.45, 2.75) is 25.7 Å². The van der Waals surface area contributed by atoms with Gasteiger partial charge in [-0.05, 0) is 73.2 Å². The largest absolute Gasteiger partial charge is 0.498 e. The average molecular weight is 568 g/mol. The number of likely N-dealkylation sites (tertiary alicyclic amines) is 1. The number of imidazole rings is 1. The first kappa shape index (κ1) is 25.7. The third-order valence-electron chi connectivity index (χ3n) is 8.40. The monoisotopic (exact) mass is 567 g/mol. The van der Waals surface area contributed by atoms with Gasteiger partial charge >= 0.3 is 5.95 Å². The Morgan fingerprint density at radius 2 is 1.88 bits per heavy atom. The topological polar surface area (TPSA) is 150 Å². The molecule has 42 heavy (non-hydrogen) atoms. The minimum Gasteiger partial charge on any atom is -0.498 e. The van der Waals surface area contributed by atoms with Crippen LogP contribution in [-0.2, 0) is 11.8 Å². The summed E-state index contributed by atoms with van der Waals surface area (Å²) in [6.07, 6.45) is 6.97. The molecule has 1 saturated carbocycles. The van der Waals surface area contributed by atoms with Gasteiger partial charge in [0.15, 0.2) is 5.82 Å². The number of hydrogen-bond donors (Lipinski definition) is 4. The van der Waals surface area contributed by atoms with E-state index >= 15 is 0 Å². The number of fused-ring (bicyclic) bond motifs is 2. The van der Waals surface area contributed by atoms with Crippen molar-refractivity contribution in [2.24, 2.45) is 12.5 Å². The normalized spacial score (nSPS) is 15.9. The summed E-state index contributed by atoms with van der Waals surface area (Å²) in [5, 5.41) is 35.4. The minimum atomic E-state index is -1.35. The number of aromatic nitrogens is 5. The fraction of sp³-hybridized carbons (Fsp3) is 0.267. The molecule has 12 nitrogen and oxygen atoms in total. The number of amides is 1. The number of rotatable bonds is 6. The Kier molecular flexibility index (Phi) is 5.75. The van der Waals surface area contributed by atoms with E-state index in [1.54, 1.807) is 6.33 Å². The maximum absolute atomic E-state index is 12.1. The zero-order chi connectivity index (χ0) is 29.2. The second-order valence-corrected chi connectivity index (χ2v) is 11.3. The van der Waals surface area contributed by atoms with Crippen LogP contribution in [0.4, 0.5) is 11.5 Å². The van der Waals surface area contributed by atoms with Crippen LogP contribution in [0.25, 0.3) is 16.6 Å². The average Bonchev–Trinajstić information content (AvgIpc) is 3.52. The van der Waals surface area contributed by atoms with Gasteiger partial charge in [-0.15, -0.1) is 0 Å². The number of aryl methyl sites for hydroxylation is 2. The first-order chi connectivity index (χ1) is 20.2. The molecule has 1 saturated heterocycles. The van der Waals surface area contributed by atoms with Gasteiger partial charge in [-0.1, -0.05) is 0 Å². The molecule has 4 heterocycles. The number of hydrogen-bond acceptors (Lipinski definition) is 9. The summed E-state index contributed by atoms with van der Waals surface area (Å²) in [6.45, 7) is 2.93. The molecule has 1 aliphatic carbocycles. The van der Waals surface area contributed by atoms with Gasteiger partial charge in [0.2, 0.25) is 0 Å². The van der Waals surface area contributed by atoms with E-state index in [0.717, 1.165) is 57.7 Å². The van der Waals surface area contributed by atoms with Gasteiger partial charge in [0.1, 0.15) is 23.3 Å². The molecule has 3 aromatic heterocycles. The van der Waals surface area contributed by atoms with Crippen LogP contribution in [0.5, 0.6) is 11.5 Å². The van der Waals surface area contributed by atoms with Crippen molar-refractivity contribution in [1.82, 2.24) is 29.0 Å². The summed E-state index contributed by atoms with van der Waals surface area (Å²) < 4.78 is 9.96. The van der Waals surface area contributed by atoms with Crippen LogP contribution < -0.4 is 10.1 Å². The minimum absolute atomic E-state index is 0.0305. The standard InChI is InChI=1S/C30H29N7O5/c1-17-9-19(3-6-24(17)42-20-4-5-23-22(10-20)32-16-35(23)2)34-27-25-21(7-8-37(25)33-15-31-27)18-11-30(12-18)13-36(14-30)28(39)26(38)29(40)41/h3-10,15-16,18,38,40-41H,11-14H2,1-2H3,(H,31,33,34). The van der Waals surface area contributed by atoms with Crippen molar-refractivity contribution in [1.29, 1.82) is 0 Å². The van der Waals surface area contributed by atoms with E-state index in [9.17, 15) is 9.90 Å². The first-order valence-electron chi connectivity index (χ1n) is 13.6. The van der Waals surface area contributed by atoms with Gasteiger partial charge in [-0.3, -0.25) is 4.79 Å². The van der Waals surface area contributed by atoms with Crippen molar-refractivity contribution >= 4 is 34.0 Å². The lowest BCUT2D eigenvalue weighted by atomic mass is 9.56. The number of ether oxygens (including phenoxy) is 1. The van der Waals surface area contributed by atoms with Crippen molar-refractivity contribution in [3.63, 3.8) is 0 Å².